The Morgan fingerprint density at radius 3 is 2.37 bits per heavy atom. The van der Waals surface area contributed by atoms with E-state index in [1.165, 1.54) is 12.0 Å². The van der Waals surface area contributed by atoms with Crippen LogP contribution in [0.15, 0.2) is 54.6 Å². The lowest BCUT2D eigenvalue weighted by Gasteiger charge is -2.25. The van der Waals surface area contributed by atoms with E-state index in [1.807, 2.05) is 42.5 Å². The van der Waals surface area contributed by atoms with Crippen molar-refractivity contribution < 1.29 is 9.59 Å². The average molecular weight is 365 g/mol. The molecular weight excluding hydrogens is 338 g/mol. The molecule has 0 radical (unpaired) electrons. The van der Waals surface area contributed by atoms with Crippen LogP contribution >= 0.6 is 0 Å². The number of carbonyl (C=O) groups is 2. The van der Waals surface area contributed by atoms with Gasteiger partial charge < -0.3 is 10.6 Å². The summed E-state index contributed by atoms with van der Waals surface area (Å²) < 4.78 is 0. The Morgan fingerprint density at radius 2 is 1.59 bits per heavy atom. The van der Waals surface area contributed by atoms with Gasteiger partial charge in [-0.3, -0.25) is 14.5 Å². The zero-order valence-electron chi connectivity index (χ0n) is 15.6. The Bertz CT molecular complexity index is 755. The van der Waals surface area contributed by atoms with Crippen molar-refractivity contribution in [2.24, 2.45) is 0 Å². The van der Waals surface area contributed by atoms with E-state index in [1.54, 1.807) is 12.1 Å². The molecule has 5 nitrogen and oxygen atoms in total. The number of carbonyl (C=O) groups excluding carboxylic acids is 2. The maximum absolute atomic E-state index is 12.6. The number of hydrogen-bond acceptors (Lipinski definition) is 3. The van der Waals surface area contributed by atoms with Crippen molar-refractivity contribution in [1.29, 1.82) is 0 Å². The summed E-state index contributed by atoms with van der Waals surface area (Å²) in [5, 5.41) is 5.85. The Hall–Kier alpha value is -2.66. The van der Waals surface area contributed by atoms with Crippen molar-refractivity contribution in [3.05, 3.63) is 65.7 Å². The van der Waals surface area contributed by atoms with Crippen molar-refractivity contribution in [3.63, 3.8) is 0 Å². The fraction of sp³-hybridized carbons (Fsp3) is 0.364. The first-order valence-electron chi connectivity index (χ1n) is 9.66. The Balaban J connectivity index is 1.54. The Morgan fingerprint density at radius 1 is 0.889 bits per heavy atom. The molecule has 3 rings (SSSR count). The molecule has 0 bridgehead atoms. The third-order valence-electron chi connectivity index (χ3n) is 4.80. The summed E-state index contributed by atoms with van der Waals surface area (Å²) >= 11 is 0. The zero-order chi connectivity index (χ0) is 18.9. The third-order valence-corrected chi connectivity index (χ3v) is 4.80. The summed E-state index contributed by atoms with van der Waals surface area (Å²) in [6.45, 7) is 2.87. The van der Waals surface area contributed by atoms with Crippen LogP contribution < -0.4 is 10.6 Å². The second-order valence-electron chi connectivity index (χ2n) is 6.92. The fourth-order valence-corrected chi connectivity index (χ4v) is 3.36. The van der Waals surface area contributed by atoms with E-state index in [2.05, 4.69) is 15.5 Å². The highest BCUT2D eigenvalue weighted by Gasteiger charge is 2.16. The van der Waals surface area contributed by atoms with Gasteiger partial charge in [0, 0.05) is 6.54 Å². The number of para-hydroxylation sites is 1. The molecule has 0 spiro atoms. The van der Waals surface area contributed by atoms with E-state index in [0.717, 1.165) is 32.4 Å². The molecule has 2 amide bonds. The van der Waals surface area contributed by atoms with Crippen molar-refractivity contribution in [3.8, 4) is 0 Å². The number of hydrogen-bond donors (Lipinski definition) is 2. The number of nitrogens with zero attached hydrogens (tertiary/aromatic N) is 1. The molecule has 142 valence electrons. The molecular formula is C22H27N3O2. The van der Waals surface area contributed by atoms with Gasteiger partial charge in [-0.2, -0.15) is 0 Å². The number of anilines is 1. The average Bonchev–Trinajstić information content (AvgIpc) is 2.70. The number of likely N-dealkylation sites (tertiary alicyclic amines) is 1. The minimum absolute atomic E-state index is 0.0681. The van der Waals surface area contributed by atoms with Crippen LogP contribution in [-0.4, -0.2) is 42.9 Å². The lowest BCUT2D eigenvalue weighted by Crippen LogP contribution is -2.37. The van der Waals surface area contributed by atoms with Crippen LogP contribution in [0.3, 0.4) is 0 Å². The van der Waals surface area contributed by atoms with Crippen LogP contribution in [0.1, 0.15) is 35.2 Å². The van der Waals surface area contributed by atoms with Gasteiger partial charge in [0.2, 0.25) is 5.91 Å². The lowest BCUT2D eigenvalue weighted by molar-refractivity contribution is -0.117. The second-order valence-corrected chi connectivity index (χ2v) is 6.92. The first-order valence-corrected chi connectivity index (χ1v) is 9.66. The van der Waals surface area contributed by atoms with E-state index in [0.29, 0.717) is 24.3 Å². The molecule has 27 heavy (non-hydrogen) atoms. The van der Waals surface area contributed by atoms with Crippen LogP contribution in [0.5, 0.6) is 0 Å². The van der Waals surface area contributed by atoms with Crippen LogP contribution in [0.2, 0.25) is 0 Å². The van der Waals surface area contributed by atoms with Crippen molar-refractivity contribution in [2.45, 2.75) is 25.7 Å². The number of rotatable bonds is 7. The van der Waals surface area contributed by atoms with Crippen molar-refractivity contribution >= 4 is 17.5 Å². The summed E-state index contributed by atoms with van der Waals surface area (Å²) in [7, 11) is 0. The molecule has 0 aliphatic carbocycles. The number of amides is 2. The SMILES string of the molecule is O=C(CN1CCCCC1)Nc1ccccc1C(=O)NCCc1ccccc1. The predicted octanol–water partition coefficient (Wildman–Crippen LogP) is 3.08. The summed E-state index contributed by atoms with van der Waals surface area (Å²) in [4.78, 5) is 27.1. The maximum atomic E-state index is 12.6. The summed E-state index contributed by atoms with van der Waals surface area (Å²) in [6.07, 6.45) is 4.31. The monoisotopic (exact) mass is 365 g/mol. The van der Waals surface area contributed by atoms with E-state index in [9.17, 15) is 9.59 Å². The molecule has 1 aliphatic heterocycles. The highest BCUT2D eigenvalue weighted by molar-refractivity contribution is 6.04. The van der Waals surface area contributed by atoms with Gasteiger partial charge in [0.15, 0.2) is 0 Å². The number of piperidine rings is 1. The first-order chi connectivity index (χ1) is 13.2. The third kappa shape index (κ3) is 5.93. The van der Waals surface area contributed by atoms with Gasteiger partial charge >= 0.3 is 0 Å². The molecule has 2 aromatic rings. The molecule has 1 heterocycles. The molecule has 2 aromatic carbocycles. The molecule has 1 saturated heterocycles. The van der Waals surface area contributed by atoms with Gasteiger partial charge in [-0.25, -0.2) is 0 Å². The lowest BCUT2D eigenvalue weighted by atomic mass is 10.1. The Labute approximate surface area is 160 Å². The highest BCUT2D eigenvalue weighted by atomic mass is 16.2. The first kappa shape index (κ1) is 19.1. The number of nitrogens with one attached hydrogen (secondary N) is 2. The molecule has 1 fully saturated rings. The Kier molecular flexibility index (Phi) is 6.99. The molecule has 0 atom stereocenters. The van der Waals surface area contributed by atoms with Crippen LogP contribution in [-0.2, 0) is 11.2 Å². The minimum atomic E-state index is -0.167. The molecule has 5 heteroatoms. The predicted molar refractivity (Wildman–Crippen MR) is 108 cm³/mol. The normalized spacial score (nSPS) is 14.5. The van der Waals surface area contributed by atoms with E-state index in [4.69, 9.17) is 0 Å². The highest BCUT2D eigenvalue weighted by Crippen LogP contribution is 2.16. The van der Waals surface area contributed by atoms with Crippen LogP contribution in [0.25, 0.3) is 0 Å². The van der Waals surface area contributed by atoms with Gasteiger partial charge in [-0.15, -0.1) is 0 Å². The van der Waals surface area contributed by atoms with Crippen LogP contribution in [0.4, 0.5) is 5.69 Å². The van der Waals surface area contributed by atoms with Gasteiger partial charge in [0.05, 0.1) is 17.8 Å². The van der Waals surface area contributed by atoms with Crippen molar-refractivity contribution in [2.75, 3.05) is 31.5 Å². The van der Waals surface area contributed by atoms with E-state index in [-0.39, 0.29) is 11.8 Å². The fourth-order valence-electron chi connectivity index (χ4n) is 3.36. The minimum Gasteiger partial charge on any atom is -0.352 e. The van der Waals surface area contributed by atoms with Gasteiger partial charge in [-0.1, -0.05) is 48.9 Å². The zero-order valence-corrected chi connectivity index (χ0v) is 15.6. The summed E-state index contributed by atoms with van der Waals surface area (Å²) in [5.41, 5.74) is 2.25. The largest absolute Gasteiger partial charge is 0.352 e. The van der Waals surface area contributed by atoms with E-state index < -0.39 is 0 Å². The van der Waals surface area contributed by atoms with Gasteiger partial charge in [0.25, 0.3) is 5.91 Å². The van der Waals surface area contributed by atoms with Gasteiger partial charge in [-0.05, 0) is 50.0 Å². The van der Waals surface area contributed by atoms with Crippen molar-refractivity contribution in [1.82, 2.24) is 10.2 Å². The van der Waals surface area contributed by atoms with Gasteiger partial charge in [0.1, 0.15) is 0 Å². The topological polar surface area (TPSA) is 61.4 Å². The van der Waals surface area contributed by atoms with Crippen LogP contribution in [0, 0.1) is 0 Å². The maximum Gasteiger partial charge on any atom is 0.253 e. The standard InChI is InChI=1S/C22H27N3O2/c26-21(17-25-15-7-2-8-16-25)24-20-12-6-5-11-19(20)22(27)23-14-13-18-9-3-1-4-10-18/h1,3-6,9-12H,2,7-8,13-17H2,(H,23,27)(H,24,26). The van der Waals surface area contributed by atoms with E-state index >= 15 is 0 Å². The molecule has 2 N–H and O–H groups in total. The summed E-state index contributed by atoms with van der Waals surface area (Å²) in [5.74, 6) is -0.235. The molecule has 0 unspecified atom stereocenters. The summed E-state index contributed by atoms with van der Waals surface area (Å²) in [6, 6.07) is 17.2. The quantitative estimate of drug-likeness (QED) is 0.793. The molecule has 0 aromatic heterocycles. The molecule has 1 aliphatic rings. The number of benzene rings is 2. The molecule has 0 saturated carbocycles. The smallest absolute Gasteiger partial charge is 0.253 e. The second kappa shape index (κ2) is 9.88.